The Labute approximate surface area is 174 Å². The second-order valence-electron chi connectivity index (χ2n) is 7.72. The van der Waals surface area contributed by atoms with Gasteiger partial charge >= 0.3 is 0 Å². The molecule has 0 aliphatic carbocycles. The highest BCUT2D eigenvalue weighted by molar-refractivity contribution is 6.31. The lowest BCUT2D eigenvalue weighted by Gasteiger charge is -2.32. The van der Waals surface area contributed by atoms with Gasteiger partial charge in [-0.1, -0.05) is 17.7 Å². The Bertz CT molecular complexity index is 1050. The van der Waals surface area contributed by atoms with E-state index in [-0.39, 0.29) is 0 Å². The summed E-state index contributed by atoms with van der Waals surface area (Å²) in [6.07, 6.45) is 3.76. The Balaban J connectivity index is 1.23. The number of rotatable bonds is 4. The molecule has 1 fully saturated rings. The van der Waals surface area contributed by atoms with E-state index >= 15 is 0 Å². The minimum atomic E-state index is 0.318. The molecule has 5 rings (SSSR count). The molecule has 1 aromatic heterocycles. The molecule has 2 aromatic carbocycles. The van der Waals surface area contributed by atoms with E-state index < -0.39 is 0 Å². The Morgan fingerprint density at radius 1 is 1.10 bits per heavy atom. The van der Waals surface area contributed by atoms with Crippen LogP contribution in [-0.2, 0) is 6.54 Å². The van der Waals surface area contributed by atoms with E-state index in [4.69, 9.17) is 21.1 Å². The van der Waals surface area contributed by atoms with Crippen molar-refractivity contribution in [3.63, 3.8) is 0 Å². The fraction of sp³-hybridized carbons (Fsp3) is 0.364. The van der Waals surface area contributed by atoms with Crippen LogP contribution in [0.3, 0.4) is 0 Å². The first kappa shape index (κ1) is 18.5. The standard InChI is InChI=1S/C22H23ClN4O2/c1-14-8-16(23)10-18-21(14)24-12-25-22(18)26-17-4-6-27(7-5-17)11-15-2-3-19-20(9-15)29-13-28-19/h2-3,8-10,12,17H,4-7,11,13H2,1H3,(H,24,25,26). The number of nitrogens with one attached hydrogen (secondary N) is 1. The van der Waals surface area contributed by atoms with Crippen LogP contribution < -0.4 is 14.8 Å². The summed E-state index contributed by atoms with van der Waals surface area (Å²) in [5.74, 6) is 2.56. The number of hydrogen-bond donors (Lipinski definition) is 1. The number of halogens is 1. The third kappa shape index (κ3) is 3.82. The normalized spacial score (nSPS) is 17.0. The molecule has 0 atom stereocenters. The molecule has 0 unspecified atom stereocenters. The van der Waals surface area contributed by atoms with Gasteiger partial charge in [0.05, 0.1) is 5.52 Å². The quantitative estimate of drug-likeness (QED) is 0.688. The maximum Gasteiger partial charge on any atom is 0.231 e. The van der Waals surface area contributed by atoms with Crippen molar-refractivity contribution in [3.8, 4) is 11.5 Å². The van der Waals surface area contributed by atoms with Gasteiger partial charge in [0, 0.05) is 36.1 Å². The van der Waals surface area contributed by atoms with Crippen LogP contribution in [0.1, 0.15) is 24.0 Å². The monoisotopic (exact) mass is 410 g/mol. The summed E-state index contributed by atoms with van der Waals surface area (Å²) in [5.41, 5.74) is 3.27. The van der Waals surface area contributed by atoms with Crippen LogP contribution in [0.4, 0.5) is 5.82 Å². The molecule has 0 spiro atoms. The number of fused-ring (bicyclic) bond motifs is 2. The highest BCUT2D eigenvalue weighted by Crippen LogP contribution is 2.33. The highest BCUT2D eigenvalue weighted by Gasteiger charge is 2.21. The van der Waals surface area contributed by atoms with Crippen LogP contribution in [0.5, 0.6) is 11.5 Å². The molecule has 0 saturated carbocycles. The topological polar surface area (TPSA) is 59.5 Å². The van der Waals surface area contributed by atoms with Crippen LogP contribution in [0.25, 0.3) is 10.9 Å². The van der Waals surface area contributed by atoms with Gasteiger partial charge in [-0.15, -0.1) is 0 Å². The molecule has 2 aliphatic heterocycles. The molecular formula is C22H23ClN4O2. The summed E-state index contributed by atoms with van der Waals surface area (Å²) in [4.78, 5) is 11.4. The van der Waals surface area contributed by atoms with Crippen LogP contribution in [0, 0.1) is 6.92 Å². The third-order valence-corrected chi connectivity index (χ3v) is 5.88. The van der Waals surface area contributed by atoms with Gasteiger partial charge in [-0.25, -0.2) is 9.97 Å². The molecule has 3 aromatic rings. The van der Waals surface area contributed by atoms with Crippen molar-refractivity contribution >= 4 is 28.3 Å². The predicted molar refractivity (Wildman–Crippen MR) is 114 cm³/mol. The summed E-state index contributed by atoms with van der Waals surface area (Å²) in [6.45, 7) is 5.34. The first-order chi connectivity index (χ1) is 14.2. The summed E-state index contributed by atoms with van der Waals surface area (Å²) in [6, 6.07) is 10.5. The Morgan fingerprint density at radius 2 is 1.93 bits per heavy atom. The average Bonchev–Trinajstić information content (AvgIpc) is 3.18. The van der Waals surface area contributed by atoms with Crippen molar-refractivity contribution in [2.45, 2.75) is 32.4 Å². The van der Waals surface area contributed by atoms with Crippen molar-refractivity contribution in [2.24, 2.45) is 0 Å². The second-order valence-corrected chi connectivity index (χ2v) is 8.16. The molecule has 3 heterocycles. The van der Waals surface area contributed by atoms with Gasteiger partial charge in [0.15, 0.2) is 11.5 Å². The van der Waals surface area contributed by atoms with Gasteiger partial charge in [0.25, 0.3) is 0 Å². The largest absolute Gasteiger partial charge is 0.454 e. The zero-order valence-electron chi connectivity index (χ0n) is 16.3. The minimum absolute atomic E-state index is 0.318. The molecule has 2 aliphatic rings. The molecule has 0 radical (unpaired) electrons. The number of benzene rings is 2. The summed E-state index contributed by atoms with van der Waals surface area (Å²) in [7, 11) is 0. The zero-order chi connectivity index (χ0) is 19.8. The number of aryl methyl sites for hydroxylation is 1. The molecular weight excluding hydrogens is 388 g/mol. The number of anilines is 1. The van der Waals surface area contributed by atoms with Crippen molar-refractivity contribution in [2.75, 3.05) is 25.2 Å². The van der Waals surface area contributed by atoms with E-state index in [1.165, 1.54) is 5.56 Å². The molecule has 0 amide bonds. The molecule has 29 heavy (non-hydrogen) atoms. The third-order valence-electron chi connectivity index (χ3n) is 5.67. The molecule has 6 nitrogen and oxygen atoms in total. The van der Waals surface area contributed by atoms with Crippen molar-refractivity contribution in [1.29, 1.82) is 0 Å². The van der Waals surface area contributed by atoms with Crippen molar-refractivity contribution in [3.05, 3.63) is 52.8 Å². The van der Waals surface area contributed by atoms with E-state index in [9.17, 15) is 0 Å². The fourth-order valence-corrected chi connectivity index (χ4v) is 4.42. The van der Waals surface area contributed by atoms with Crippen LogP contribution in [0.15, 0.2) is 36.7 Å². The number of likely N-dealkylation sites (tertiary alicyclic amines) is 1. The fourth-order valence-electron chi connectivity index (χ4n) is 4.14. The molecule has 150 valence electrons. The SMILES string of the molecule is Cc1cc(Cl)cc2c(NC3CCN(Cc4ccc5c(c4)OCO5)CC3)ncnc12. The predicted octanol–water partition coefficient (Wildman–Crippen LogP) is 4.40. The smallest absolute Gasteiger partial charge is 0.231 e. The summed E-state index contributed by atoms with van der Waals surface area (Å²) in [5, 5.41) is 5.32. The lowest BCUT2D eigenvalue weighted by atomic mass is 10.0. The van der Waals surface area contributed by atoms with E-state index in [0.717, 1.165) is 66.3 Å². The molecule has 1 saturated heterocycles. The lowest BCUT2D eigenvalue weighted by molar-refractivity contribution is 0.173. The average molecular weight is 411 g/mol. The maximum atomic E-state index is 6.26. The van der Waals surface area contributed by atoms with E-state index in [1.54, 1.807) is 6.33 Å². The number of aromatic nitrogens is 2. The van der Waals surface area contributed by atoms with Gasteiger partial charge < -0.3 is 14.8 Å². The minimum Gasteiger partial charge on any atom is -0.454 e. The zero-order valence-corrected chi connectivity index (χ0v) is 17.1. The Morgan fingerprint density at radius 3 is 2.79 bits per heavy atom. The molecule has 7 heteroatoms. The first-order valence-corrected chi connectivity index (χ1v) is 10.3. The lowest BCUT2D eigenvalue weighted by Crippen LogP contribution is -2.38. The first-order valence-electron chi connectivity index (χ1n) is 9.94. The van der Waals surface area contributed by atoms with Crippen molar-refractivity contribution < 1.29 is 9.47 Å². The number of ether oxygens (including phenoxy) is 2. The molecule has 0 bridgehead atoms. The van der Waals surface area contributed by atoms with Gasteiger partial charge in [-0.2, -0.15) is 0 Å². The van der Waals surface area contributed by atoms with E-state index in [1.807, 2.05) is 25.1 Å². The second kappa shape index (κ2) is 7.69. The number of piperidine rings is 1. The highest BCUT2D eigenvalue weighted by atomic mass is 35.5. The van der Waals surface area contributed by atoms with Gasteiger partial charge in [0.1, 0.15) is 12.1 Å². The maximum absolute atomic E-state index is 6.26. The Kier molecular flexibility index (Phi) is 4.89. The van der Waals surface area contributed by atoms with Crippen molar-refractivity contribution in [1.82, 2.24) is 14.9 Å². The Hall–Kier alpha value is -2.57. The molecule has 1 N–H and O–H groups in total. The number of nitrogens with zero attached hydrogens (tertiary/aromatic N) is 3. The van der Waals surface area contributed by atoms with E-state index in [0.29, 0.717) is 17.9 Å². The van der Waals surface area contributed by atoms with Gasteiger partial charge in [0.2, 0.25) is 6.79 Å². The summed E-state index contributed by atoms with van der Waals surface area (Å²) >= 11 is 6.26. The van der Waals surface area contributed by atoms with E-state index in [2.05, 4.69) is 32.3 Å². The van der Waals surface area contributed by atoms with Crippen LogP contribution in [-0.4, -0.2) is 40.8 Å². The van der Waals surface area contributed by atoms with Crippen LogP contribution in [0.2, 0.25) is 5.02 Å². The van der Waals surface area contributed by atoms with Gasteiger partial charge in [-0.3, -0.25) is 4.90 Å². The van der Waals surface area contributed by atoms with Gasteiger partial charge in [-0.05, 0) is 55.2 Å². The van der Waals surface area contributed by atoms with Crippen LogP contribution >= 0.6 is 11.6 Å². The number of hydrogen-bond acceptors (Lipinski definition) is 6. The summed E-state index contributed by atoms with van der Waals surface area (Å²) < 4.78 is 10.9.